The van der Waals surface area contributed by atoms with Gasteiger partial charge in [0.05, 0.1) is 0 Å². The molecular weight excluding hydrogens is 392 g/mol. The van der Waals surface area contributed by atoms with Crippen LogP contribution in [0.4, 0.5) is 0 Å². The molecule has 0 aromatic heterocycles. The normalized spacial score (nSPS) is 12.5. The summed E-state index contributed by atoms with van der Waals surface area (Å²) in [5, 5.41) is 20.3. The van der Waals surface area contributed by atoms with E-state index in [9.17, 15) is 10.2 Å². The summed E-state index contributed by atoms with van der Waals surface area (Å²) in [6.07, 6.45) is 28.6. The molecule has 0 aliphatic heterocycles. The first-order valence-electron chi connectivity index (χ1n) is 14.5. The smallest absolute Gasteiger partial charge is 0.228 e. The van der Waals surface area contributed by atoms with Gasteiger partial charge in [-0.3, -0.25) is 0 Å². The van der Waals surface area contributed by atoms with E-state index in [1.165, 1.54) is 109 Å². The van der Waals surface area contributed by atoms with Gasteiger partial charge in [0.25, 0.3) is 0 Å². The van der Waals surface area contributed by atoms with Crippen LogP contribution in [-0.4, -0.2) is 16.0 Å². The van der Waals surface area contributed by atoms with Crippen molar-refractivity contribution in [3.63, 3.8) is 0 Å². The zero-order valence-corrected chi connectivity index (χ0v) is 22.2. The Morgan fingerprint density at radius 3 is 1.31 bits per heavy atom. The molecule has 0 aromatic rings. The summed E-state index contributed by atoms with van der Waals surface area (Å²) in [6, 6.07) is 0. The van der Waals surface area contributed by atoms with Gasteiger partial charge in [0.2, 0.25) is 5.79 Å². The average molecular weight is 451 g/mol. The lowest BCUT2D eigenvalue weighted by molar-refractivity contribution is -0.115. The first-order valence-corrected chi connectivity index (χ1v) is 14.5. The van der Waals surface area contributed by atoms with E-state index < -0.39 is 5.79 Å². The number of aliphatic hydroxyl groups is 2. The minimum Gasteiger partial charge on any atom is -0.356 e. The zero-order chi connectivity index (χ0) is 23.8. The summed E-state index contributed by atoms with van der Waals surface area (Å²) in [7, 11) is 0. The van der Waals surface area contributed by atoms with Gasteiger partial charge in [-0.2, -0.15) is 0 Å². The van der Waals surface area contributed by atoms with E-state index in [1.807, 2.05) is 0 Å². The Morgan fingerprint density at radius 1 is 0.500 bits per heavy atom. The fourth-order valence-corrected chi connectivity index (χ4v) is 4.42. The fourth-order valence-electron chi connectivity index (χ4n) is 4.42. The Balaban J connectivity index is 3.90. The summed E-state index contributed by atoms with van der Waals surface area (Å²) in [4.78, 5) is 0. The molecule has 0 radical (unpaired) electrons. The van der Waals surface area contributed by atoms with Gasteiger partial charge in [0.1, 0.15) is 0 Å². The maximum absolute atomic E-state index is 10.1. The molecule has 1 atom stereocenters. The van der Waals surface area contributed by atoms with Crippen LogP contribution in [0.15, 0.2) is 0 Å². The number of hydrogen-bond acceptors (Lipinski definition) is 2. The molecule has 2 N–H and O–H groups in total. The first kappa shape index (κ1) is 31.5. The highest BCUT2D eigenvalue weighted by atomic mass is 16.5. The fraction of sp³-hybridized carbons (Fsp3) is 0.933. The second-order valence-corrected chi connectivity index (χ2v) is 10.1. The highest BCUT2D eigenvalue weighted by Gasteiger charge is 2.19. The Bertz CT molecular complexity index is 432. The third-order valence-electron chi connectivity index (χ3n) is 6.67. The van der Waals surface area contributed by atoms with E-state index in [4.69, 9.17) is 0 Å². The second kappa shape index (κ2) is 23.6. The van der Waals surface area contributed by atoms with Crippen LogP contribution in [0.25, 0.3) is 0 Å². The molecule has 32 heavy (non-hydrogen) atoms. The molecule has 0 aromatic carbocycles. The third kappa shape index (κ3) is 22.7. The SMILES string of the molecule is CCCCCCCCCCCCCCCCC(C#CC(O)(O)CCCCC)CCCCC. The molecule has 0 saturated carbocycles. The van der Waals surface area contributed by atoms with Crippen molar-refractivity contribution in [3.8, 4) is 11.8 Å². The van der Waals surface area contributed by atoms with E-state index in [2.05, 4.69) is 32.6 Å². The molecule has 2 nitrogen and oxygen atoms in total. The summed E-state index contributed by atoms with van der Waals surface area (Å²) in [5.74, 6) is 4.57. The summed E-state index contributed by atoms with van der Waals surface area (Å²) in [6.45, 7) is 6.64. The predicted molar refractivity (Wildman–Crippen MR) is 142 cm³/mol. The molecule has 0 rings (SSSR count). The number of hydrogen-bond donors (Lipinski definition) is 2. The monoisotopic (exact) mass is 450 g/mol. The molecule has 0 aliphatic rings. The highest BCUT2D eigenvalue weighted by molar-refractivity contribution is 5.11. The Hall–Kier alpha value is -0.520. The van der Waals surface area contributed by atoms with Gasteiger partial charge in [-0.1, -0.05) is 149 Å². The second-order valence-electron chi connectivity index (χ2n) is 10.1. The van der Waals surface area contributed by atoms with Crippen molar-refractivity contribution in [2.45, 2.75) is 174 Å². The molecular formula is C30H58O2. The van der Waals surface area contributed by atoms with Crippen LogP contribution in [0.1, 0.15) is 168 Å². The molecule has 0 aliphatic carbocycles. The third-order valence-corrected chi connectivity index (χ3v) is 6.67. The minimum atomic E-state index is -1.80. The van der Waals surface area contributed by atoms with Crippen molar-refractivity contribution in [2.24, 2.45) is 5.92 Å². The molecule has 190 valence electrons. The summed E-state index contributed by atoms with van der Waals surface area (Å²) < 4.78 is 0. The lowest BCUT2D eigenvalue weighted by atomic mass is 9.94. The lowest BCUT2D eigenvalue weighted by Crippen LogP contribution is -2.25. The molecule has 0 fully saturated rings. The van der Waals surface area contributed by atoms with Crippen LogP contribution < -0.4 is 0 Å². The number of unbranched alkanes of at least 4 members (excludes halogenated alkanes) is 17. The molecule has 2 heteroatoms. The highest BCUT2D eigenvalue weighted by Crippen LogP contribution is 2.20. The van der Waals surface area contributed by atoms with Crippen molar-refractivity contribution in [1.82, 2.24) is 0 Å². The molecule has 0 heterocycles. The standard InChI is InChI=1S/C30H58O2/c1-4-7-10-11-12-13-14-15-16-17-18-19-20-22-25-29(24-21-8-5-2)26-28-30(31,32)27-23-9-6-3/h29,31-32H,4-25,27H2,1-3H3. The van der Waals surface area contributed by atoms with Gasteiger partial charge < -0.3 is 10.2 Å². The van der Waals surface area contributed by atoms with E-state index in [0.717, 1.165) is 32.1 Å². The molecule has 0 spiro atoms. The molecule has 0 saturated heterocycles. The van der Waals surface area contributed by atoms with Gasteiger partial charge in [-0.05, 0) is 25.2 Å². The van der Waals surface area contributed by atoms with E-state index in [-0.39, 0.29) is 0 Å². The van der Waals surface area contributed by atoms with E-state index >= 15 is 0 Å². The lowest BCUT2D eigenvalue weighted by Gasteiger charge is -2.16. The largest absolute Gasteiger partial charge is 0.356 e. The van der Waals surface area contributed by atoms with Crippen molar-refractivity contribution >= 4 is 0 Å². The van der Waals surface area contributed by atoms with Crippen LogP contribution in [0.5, 0.6) is 0 Å². The van der Waals surface area contributed by atoms with Crippen LogP contribution in [0, 0.1) is 17.8 Å². The van der Waals surface area contributed by atoms with Gasteiger partial charge in [-0.25, -0.2) is 0 Å². The maximum atomic E-state index is 10.1. The maximum Gasteiger partial charge on any atom is 0.228 e. The van der Waals surface area contributed by atoms with E-state index in [1.54, 1.807) is 0 Å². The Kier molecular flexibility index (Phi) is 23.2. The van der Waals surface area contributed by atoms with Crippen molar-refractivity contribution in [3.05, 3.63) is 0 Å². The minimum absolute atomic E-state index is 0.323. The zero-order valence-electron chi connectivity index (χ0n) is 22.2. The number of rotatable bonds is 23. The van der Waals surface area contributed by atoms with Gasteiger partial charge in [-0.15, -0.1) is 0 Å². The van der Waals surface area contributed by atoms with Crippen LogP contribution in [0.2, 0.25) is 0 Å². The topological polar surface area (TPSA) is 40.5 Å². The Labute approximate surface area is 202 Å². The van der Waals surface area contributed by atoms with Crippen molar-refractivity contribution in [2.75, 3.05) is 0 Å². The predicted octanol–water partition coefficient (Wildman–Crippen LogP) is 9.32. The van der Waals surface area contributed by atoms with Crippen LogP contribution in [-0.2, 0) is 0 Å². The van der Waals surface area contributed by atoms with Gasteiger partial charge in [0, 0.05) is 12.3 Å². The first-order chi connectivity index (χ1) is 15.6. The summed E-state index contributed by atoms with van der Waals surface area (Å²) >= 11 is 0. The van der Waals surface area contributed by atoms with Crippen molar-refractivity contribution < 1.29 is 10.2 Å². The molecule has 0 bridgehead atoms. The summed E-state index contributed by atoms with van der Waals surface area (Å²) in [5.41, 5.74) is 0. The van der Waals surface area contributed by atoms with Gasteiger partial charge in [0.15, 0.2) is 0 Å². The quantitative estimate of drug-likeness (QED) is 0.0924. The Morgan fingerprint density at radius 2 is 0.844 bits per heavy atom. The molecule has 0 amide bonds. The molecule has 1 unspecified atom stereocenters. The average Bonchev–Trinajstić information content (AvgIpc) is 2.77. The van der Waals surface area contributed by atoms with Crippen LogP contribution >= 0.6 is 0 Å². The van der Waals surface area contributed by atoms with Crippen molar-refractivity contribution in [1.29, 1.82) is 0 Å². The van der Waals surface area contributed by atoms with Crippen LogP contribution in [0.3, 0.4) is 0 Å². The van der Waals surface area contributed by atoms with E-state index in [0.29, 0.717) is 12.3 Å². The van der Waals surface area contributed by atoms with Gasteiger partial charge >= 0.3 is 0 Å².